The molecular weight excluding hydrogens is 378 g/mol. The first-order chi connectivity index (χ1) is 13.0. The molecule has 2 N–H and O–H groups in total. The zero-order valence-electron chi connectivity index (χ0n) is 17.1. The highest BCUT2D eigenvalue weighted by Gasteiger charge is 2.31. The zero-order valence-corrected chi connectivity index (χ0v) is 17.9. The molecule has 0 spiro atoms. The number of amides is 1. The van der Waals surface area contributed by atoms with E-state index in [-0.39, 0.29) is 11.3 Å². The van der Waals surface area contributed by atoms with Crippen molar-refractivity contribution < 1.29 is 14.7 Å². The molecule has 1 amide bonds. The maximum Gasteiger partial charge on any atom is 0.340 e. The third-order valence-corrected chi connectivity index (χ3v) is 4.83. The van der Waals surface area contributed by atoms with Crippen LogP contribution in [0.25, 0.3) is 0 Å². The molecule has 0 bridgehead atoms. The Morgan fingerprint density at radius 2 is 1.79 bits per heavy atom. The first-order valence-corrected chi connectivity index (χ1v) is 9.63. The van der Waals surface area contributed by atoms with Gasteiger partial charge in [0.05, 0.1) is 5.69 Å². The van der Waals surface area contributed by atoms with Gasteiger partial charge in [0.25, 0.3) is 5.91 Å². The highest BCUT2D eigenvalue weighted by atomic mass is 35.5. The summed E-state index contributed by atoms with van der Waals surface area (Å²) in [6.07, 6.45) is 1.33. The predicted octanol–water partition coefficient (Wildman–Crippen LogP) is 4.81. The van der Waals surface area contributed by atoms with E-state index in [2.05, 4.69) is 15.3 Å². The molecule has 7 heteroatoms. The van der Waals surface area contributed by atoms with E-state index >= 15 is 0 Å². The first kappa shape index (κ1) is 21.8. The second-order valence-electron chi connectivity index (χ2n) is 7.62. The molecule has 0 radical (unpaired) electrons. The molecule has 0 fully saturated rings. The maximum absolute atomic E-state index is 13.1. The van der Waals surface area contributed by atoms with Gasteiger partial charge < -0.3 is 10.4 Å². The number of hydrogen-bond acceptors (Lipinski definition) is 4. The zero-order chi connectivity index (χ0) is 21.2. The number of nitrogens with one attached hydrogen (secondary N) is 1. The Morgan fingerprint density at radius 3 is 2.29 bits per heavy atom. The van der Waals surface area contributed by atoms with Gasteiger partial charge in [-0.05, 0) is 37.0 Å². The van der Waals surface area contributed by atoms with Gasteiger partial charge in [0.15, 0.2) is 0 Å². The number of aromatic carboxylic acids is 1. The van der Waals surface area contributed by atoms with Crippen LogP contribution in [0.2, 0.25) is 5.02 Å². The van der Waals surface area contributed by atoms with Crippen molar-refractivity contribution >= 4 is 29.2 Å². The summed E-state index contributed by atoms with van der Waals surface area (Å²) in [5, 5.41) is 13.2. The highest BCUT2D eigenvalue weighted by molar-refractivity contribution is 6.32. The Hall–Kier alpha value is -2.47. The molecule has 0 aliphatic carbocycles. The summed E-state index contributed by atoms with van der Waals surface area (Å²) in [4.78, 5) is 33.6. The van der Waals surface area contributed by atoms with Crippen LogP contribution in [-0.4, -0.2) is 27.0 Å². The fourth-order valence-corrected chi connectivity index (χ4v) is 3.41. The number of hydrogen-bond donors (Lipinski definition) is 2. The van der Waals surface area contributed by atoms with Crippen LogP contribution >= 0.6 is 11.6 Å². The van der Waals surface area contributed by atoms with Crippen molar-refractivity contribution in [3.8, 4) is 0 Å². The van der Waals surface area contributed by atoms with E-state index in [1.807, 2.05) is 46.8 Å². The lowest BCUT2D eigenvalue weighted by atomic mass is 9.87. The Morgan fingerprint density at radius 1 is 1.14 bits per heavy atom. The molecule has 6 nitrogen and oxygen atoms in total. The minimum absolute atomic E-state index is 0.144. The van der Waals surface area contributed by atoms with Gasteiger partial charge in [-0.3, -0.25) is 4.79 Å². The van der Waals surface area contributed by atoms with Gasteiger partial charge in [-0.25, -0.2) is 14.8 Å². The summed E-state index contributed by atoms with van der Waals surface area (Å²) in [5.41, 5.74) is 1.81. The number of aryl methyl sites for hydroxylation is 2. The third-order valence-electron chi connectivity index (χ3n) is 4.48. The lowest BCUT2D eigenvalue weighted by Crippen LogP contribution is -2.27. The number of rotatable bonds is 5. The molecule has 0 aliphatic rings. The number of aromatic nitrogens is 2. The van der Waals surface area contributed by atoms with Crippen molar-refractivity contribution in [2.45, 2.75) is 59.8 Å². The molecule has 1 aromatic carbocycles. The third kappa shape index (κ3) is 4.33. The summed E-state index contributed by atoms with van der Waals surface area (Å²) in [6.45, 7) is 11.1. The van der Waals surface area contributed by atoms with E-state index in [9.17, 15) is 14.7 Å². The molecule has 1 aromatic heterocycles. The molecule has 0 atom stereocenters. The van der Waals surface area contributed by atoms with Crippen LogP contribution in [0.1, 0.15) is 78.1 Å². The number of carboxylic acid groups (broad SMARTS) is 1. The fourth-order valence-electron chi connectivity index (χ4n) is 3.12. The first-order valence-electron chi connectivity index (χ1n) is 9.25. The number of carboxylic acids is 1. The lowest BCUT2D eigenvalue weighted by Gasteiger charge is -2.22. The average molecular weight is 404 g/mol. The highest BCUT2D eigenvalue weighted by Crippen LogP contribution is 2.31. The number of benzene rings is 1. The van der Waals surface area contributed by atoms with E-state index in [4.69, 9.17) is 11.6 Å². The van der Waals surface area contributed by atoms with Gasteiger partial charge in [-0.1, -0.05) is 52.3 Å². The average Bonchev–Trinajstić information content (AvgIpc) is 2.60. The van der Waals surface area contributed by atoms with E-state index in [0.717, 1.165) is 11.1 Å². The van der Waals surface area contributed by atoms with Crippen molar-refractivity contribution in [2.24, 2.45) is 0 Å². The van der Waals surface area contributed by atoms with Gasteiger partial charge in [-0.2, -0.15) is 0 Å². The van der Waals surface area contributed by atoms with E-state index in [0.29, 0.717) is 35.1 Å². The minimum Gasteiger partial charge on any atom is -0.478 e. The monoisotopic (exact) mass is 403 g/mol. The summed E-state index contributed by atoms with van der Waals surface area (Å²) < 4.78 is 0. The van der Waals surface area contributed by atoms with Crippen molar-refractivity contribution in [1.82, 2.24) is 9.97 Å². The van der Waals surface area contributed by atoms with Gasteiger partial charge in [-0.15, -0.1) is 0 Å². The Labute approximate surface area is 170 Å². The second-order valence-corrected chi connectivity index (χ2v) is 8.03. The molecule has 0 aliphatic heterocycles. The fraction of sp³-hybridized carbons (Fsp3) is 0.429. The maximum atomic E-state index is 13.1. The SMILES string of the molecule is CCc1ccc(Cl)c(CC)c1NC(=O)c1nc(C)nc(C(C)(C)C)c1C(=O)O. The van der Waals surface area contributed by atoms with Gasteiger partial charge in [0.1, 0.15) is 17.1 Å². The second kappa shape index (κ2) is 8.27. The Balaban J connectivity index is 2.65. The molecule has 2 aromatic rings. The molecule has 150 valence electrons. The van der Waals surface area contributed by atoms with Gasteiger partial charge >= 0.3 is 5.97 Å². The summed E-state index contributed by atoms with van der Waals surface area (Å²) in [7, 11) is 0. The molecule has 0 saturated carbocycles. The van der Waals surface area contributed by atoms with Gasteiger partial charge in [0, 0.05) is 16.1 Å². The van der Waals surface area contributed by atoms with Crippen LogP contribution in [0.5, 0.6) is 0 Å². The molecule has 0 unspecified atom stereocenters. The topological polar surface area (TPSA) is 92.2 Å². The molecule has 28 heavy (non-hydrogen) atoms. The van der Waals surface area contributed by atoms with Crippen LogP contribution in [0.4, 0.5) is 5.69 Å². The minimum atomic E-state index is -1.23. The molecular formula is C21H26ClN3O3. The number of nitrogens with zero attached hydrogens (tertiary/aromatic N) is 2. The van der Waals surface area contributed by atoms with Crippen LogP contribution < -0.4 is 5.32 Å². The Bertz CT molecular complexity index is 933. The van der Waals surface area contributed by atoms with Gasteiger partial charge in [0.2, 0.25) is 0 Å². The molecule has 2 rings (SSSR count). The van der Waals surface area contributed by atoms with Crippen molar-refractivity contribution in [3.05, 3.63) is 51.1 Å². The summed E-state index contributed by atoms with van der Waals surface area (Å²) in [6, 6.07) is 3.67. The van der Waals surface area contributed by atoms with Crippen LogP contribution in [0.3, 0.4) is 0 Å². The van der Waals surface area contributed by atoms with Crippen LogP contribution in [-0.2, 0) is 18.3 Å². The van der Waals surface area contributed by atoms with Crippen molar-refractivity contribution in [2.75, 3.05) is 5.32 Å². The largest absolute Gasteiger partial charge is 0.478 e. The number of halogens is 1. The number of carbonyl (C=O) groups excluding carboxylic acids is 1. The Kier molecular flexibility index (Phi) is 6.44. The van der Waals surface area contributed by atoms with Crippen molar-refractivity contribution in [3.63, 3.8) is 0 Å². The smallest absolute Gasteiger partial charge is 0.340 e. The van der Waals surface area contributed by atoms with Crippen LogP contribution in [0, 0.1) is 6.92 Å². The lowest BCUT2D eigenvalue weighted by molar-refractivity contribution is 0.0688. The van der Waals surface area contributed by atoms with Crippen molar-refractivity contribution in [1.29, 1.82) is 0 Å². The molecule has 1 heterocycles. The van der Waals surface area contributed by atoms with Crippen LogP contribution in [0.15, 0.2) is 12.1 Å². The summed E-state index contributed by atoms with van der Waals surface area (Å²) in [5.74, 6) is -1.47. The number of carbonyl (C=O) groups is 2. The standard InChI is InChI=1S/C21H26ClN3O3/c1-7-12-9-10-14(22)13(8-2)16(12)25-19(26)17-15(20(27)28)18(21(4,5)6)24-11(3)23-17/h9-10H,7-8H2,1-6H3,(H,25,26)(H,27,28). The van der Waals surface area contributed by atoms with E-state index in [1.54, 1.807) is 6.92 Å². The normalized spacial score (nSPS) is 11.4. The quantitative estimate of drug-likeness (QED) is 0.747. The molecule has 0 saturated heterocycles. The van der Waals surface area contributed by atoms with E-state index < -0.39 is 17.3 Å². The number of anilines is 1. The summed E-state index contributed by atoms with van der Waals surface area (Å²) >= 11 is 6.31. The predicted molar refractivity (Wildman–Crippen MR) is 111 cm³/mol. The van der Waals surface area contributed by atoms with E-state index in [1.165, 1.54) is 0 Å².